The Kier molecular flexibility index (Phi) is 5.91. The lowest BCUT2D eigenvalue weighted by atomic mass is 9.84. The first-order chi connectivity index (χ1) is 15.8. The van der Waals surface area contributed by atoms with E-state index in [1.165, 1.54) is 0 Å². The number of imidazole rings is 1. The fraction of sp³-hybridized carbons (Fsp3) is 0.583. The molecule has 0 spiro atoms. The Labute approximate surface area is 198 Å². The highest BCUT2D eigenvalue weighted by Crippen LogP contribution is 2.37. The number of halogens is 1. The lowest BCUT2D eigenvalue weighted by Gasteiger charge is -2.32. The molecule has 176 valence electrons. The molecule has 0 bridgehead atoms. The number of fused-ring (bicyclic) bond motifs is 1. The third kappa shape index (κ3) is 4.64. The zero-order valence-electron chi connectivity index (χ0n) is 19.1. The standard InChI is InChI=1S/C24H30ClN5O3/c1-24(2)8-21-27-10-19(30(21)13-24)17-7-20(26-9-18(17)25)29-22(31)14-4-3-5-16(6-14)28-23(32)15-11-33-12-15/h7,9-10,14-16H,3-6,8,11-13H2,1-2H3,(H,28,32)(H,26,29,31)/t14-,16+/m0/s1. The number of hydrogen-bond acceptors (Lipinski definition) is 5. The summed E-state index contributed by atoms with van der Waals surface area (Å²) < 4.78 is 7.31. The van der Waals surface area contributed by atoms with Crippen LogP contribution in [0.3, 0.4) is 0 Å². The third-order valence-corrected chi connectivity index (χ3v) is 7.25. The number of hydrogen-bond donors (Lipinski definition) is 2. The van der Waals surface area contributed by atoms with Crippen LogP contribution in [-0.4, -0.2) is 45.6 Å². The van der Waals surface area contributed by atoms with Crippen LogP contribution in [0.25, 0.3) is 11.3 Å². The first-order valence-electron chi connectivity index (χ1n) is 11.7. The predicted octanol–water partition coefficient (Wildman–Crippen LogP) is 3.44. The van der Waals surface area contributed by atoms with Crippen LogP contribution in [0.5, 0.6) is 0 Å². The molecular weight excluding hydrogens is 442 g/mol. The summed E-state index contributed by atoms with van der Waals surface area (Å²) in [7, 11) is 0. The van der Waals surface area contributed by atoms with Gasteiger partial charge in [0.05, 0.1) is 36.0 Å². The highest BCUT2D eigenvalue weighted by Gasteiger charge is 2.33. The normalized spacial score (nSPS) is 24.1. The minimum atomic E-state index is -0.164. The molecule has 1 saturated heterocycles. The molecule has 2 aromatic heterocycles. The SMILES string of the molecule is CC1(C)Cc2ncc(-c3cc(NC(=O)[C@H]4CCC[C@@H](NC(=O)C5COC5)C4)ncc3Cl)n2C1. The van der Waals surface area contributed by atoms with Crippen molar-refractivity contribution in [3.63, 3.8) is 0 Å². The number of nitrogens with zero attached hydrogens (tertiary/aromatic N) is 3. The van der Waals surface area contributed by atoms with Gasteiger partial charge in [0.15, 0.2) is 0 Å². The van der Waals surface area contributed by atoms with E-state index < -0.39 is 0 Å². The van der Waals surface area contributed by atoms with Crippen LogP contribution in [0, 0.1) is 17.3 Å². The lowest BCUT2D eigenvalue weighted by molar-refractivity contribution is -0.140. The molecule has 2 atom stereocenters. The van der Waals surface area contributed by atoms with E-state index in [1.54, 1.807) is 6.20 Å². The Balaban J connectivity index is 1.26. The largest absolute Gasteiger partial charge is 0.380 e. The van der Waals surface area contributed by atoms with Crippen molar-refractivity contribution in [2.24, 2.45) is 17.3 Å². The number of aromatic nitrogens is 3. The summed E-state index contributed by atoms with van der Waals surface area (Å²) in [5, 5.41) is 6.59. The highest BCUT2D eigenvalue weighted by atomic mass is 35.5. The van der Waals surface area contributed by atoms with Crippen molar-refractivity contribution < 1.29 is 14.3 Å². The smallest absolute Gasteiger partial charge is 0.228 e. The number of ether oxygens (including phenoxy) is 1. The van der Waals surface area contributed by atoms with Gasteiger partial charge in [-0.15, -0.1) is 0 Å². The van der Waals surface area contributed by atoms with Gasteiger partial charge in [-0.2, -0.15) is 0 Å². The number of carbonyl (C=O) groups excluding carboxylic acids is 2. The van der Waals surface area contributed by atoms with Gasteiger partial charge in [-0.3, -0.25) is 9.59 Å². The van der Waals surface area contributed by atoms with Crippen molar-refractivity contribution in [1.82, 2.24) is 19.9 Å². The number of amides is 2. The molecule has 2 amide bonds. The van der Waals surface area contributed by atoms with Gasteiger partial charge in [0, 0.05) is 36.7 Å². The monoisotopic (exact) mass is 471 g/mol. The van der Waals surface area contributed by atoms with Crippen LogP contribution in [-0.2, 0) is 27.3 Å². The summed E-state index contributed by atoms with van der Waals surface area (Å²) in [5.74, 6) is 1.28. The van der Waals surface area contributed by atoms with Gasteiger partial charge in [0.25, 0.3) is 0 Å². The quantitative estimate of drug-likeness (QED) is 0.696. The molecule has 33 heavy (non-hydrogen) atoms. The maximum Gasteiger partial charge on any atom is 0.228 e. The molecule has 2 N–H and O–H groups in total. The highest BCUT2D eigenvalue weighted by molar-refractivity contribution is 6.33. The Bertz CT molecular complexity index is 1080. The fourth-order valence-electron chi connectivity index (χ4n) is 5.06. The van der Waals surface area contributed by atoms with E-state index in [0.717, 1.165) is 49.3 Å². The lowest BCUT2D eigenvalue weighted by Crippen LogP contribution is -2.48. The van der Waals surface area contributed by atoms with Crippen LogP contribution in [0.15, 0.2) is 18.5 Å². The van der Waals surface area contributed by atoms with Crippen molar-refractivity contribution in [3.8, 4) is 11.3 Å². The first kappa shape index (κ1) is 22.3. The van der Waals surface area contributed by atoms with Gasteiger partial charge in [0.1, 0.15) is 11.6 Å². The molecule has 1 aliphatic carbocycles. The second-order valence-corrected chi connectivity index (χ2v) is 10.7. The number of anilines is 1. The van der Waals surface area contributed by atoms with Gasteiger partial charge in [-0.25, -0.2) is 9.97 Å². The van der Waals surface area contributed by atoms with Gasteiger partial charge < -0.3 is 19.9 Å². The summed E-state index contributed by atoms with van der Waals surface area (Å²) in [4.78, 5) is 34.2. The molecule has 2 fully saturated rings. The van der Waals surface area contributed by atoms with Crippen molar-refractivity contribution in [2.75, 3.05) is 18.5 Å². The van der Waals surface area contributed by atoms with Crippen molar-refractivity contribution in [1.29, 1.82) is 0 Å². The summed E-state index contributed by atoms with van der Waals surface area (Å²) in [6, 6.07) is 1.85. The Morgan fingerprint density at radius 2 is 1.97 bits per heavy atom. The Morgan fingerprint density at radius 3 is 2.73 bits per heavy atom. The van der Waals surface area contributed by atoms with E-state index in [0.29, 0.717) is 30.5 Å². The molecule has 1 saturated carbocycles. The second kappa shape index (κ2) is 8.72. The van der Waals surface area contributed by atoms with Gasteiger partial charge in [-0.05, 0) is 30.7 Å². The Hall–Kier alpha value is -2.45. The predicted molar refractivity (Wildman–Crippen MR) is 125 cm³/mol. The minimum absolute atomic E-state index is 0.0223. The summed E-state index contributed by atoms with van der Waals surface area (Å²) >= 11 is 6.49. The zero-order chi connectivity index (χ0) is 23.2. The topological polar surface area (TPSA) is 98.1 Å². The van der Waals surface area contributed by atoms with E-state index in [2.05, 4.69) is 39.0 Å². The van der Waals surface area contributed by atoms with Crippen LogP contribution in [0.2, 0.25) is 5.02 Å². The van der Waals surface area contributed by atoms with E-state index in [1.807, 2.05) is 12.3 Å². The van der Waals surface area contributed by atoms with Gasteiger partial charge in [-0.1, -0.05) is 31.9 Å². The maximum atomic E-state index is 13.0. The summed E-state index contributed by atoms with van der Waals surface area (Å²) in [6.07, 6.45) is 7.59. The summed E-state index contributed by atoms with van der Waals surface area (Å²) in [5.41, 5.74) is 1.92. The molecule has 0 unspecified atom stereocenters. The van der Waals surface area contributed by atoms with Crippen molar-refractivity contribution >= 4 is 29.2 Å². The summed E-state index contributed by atoms with van der Waals surface area (Å²) in [6.45, 7) is 6.31. The molecule has 0 radical (unpaired) electrons. The zero-order valence-corrected chi connectivity index (χ0v) is 19.8. The van der Waals surface area contributed by atoms with Crippen LogP contribution in [0.1, 0.15) is 45.4 Å². The van der Waals surface area contributed by atoms with Gasteiger partial charge in [0.2, 0.25) is 11.8 Å². The minimum Gasteiger partial charge on any atom is -0.380 e. The number of pyridine rings is 1. The molecule has 2 aliphatic heterocycles. The first-order valence-corrected chi connectivity index (χ1v) is 12.1. The van der Waals surface area contributed by atoms with Crippen LogP contribution >= 0.6 is 11.6 Å². The van der Waals surface area contributed by atoms with Gasteiger partial charge >= 0.3 is 0 Å². The number of nitrogens with one attached hydrogen (secondary N) is 2. The molecule has 2 aromatic rings. The third-order valence-electron chi connectivity index (χ3n) is 6.94. The number of carbonyl (C=O) groups is 2. The van der Waals surface area contributed by atoms with Crippen molar-refractivity contribution in [3.05, 3.63) is 29.3 Å². The fourth-order valence-corrected chi connectivity index (χ4v) is 5.26. The molecule has 0 aromatic carbocycles. The Morgan fingerprint density at radius 1 is 1.15 bits per heavy atom. The van der Waals surface area contributed by atoms with E-state index >= 15 is 0 Å². The molecule has 5 rings (SSSR count). The molecule has 3 aliphatic rings. The average Bonchev–Trinajstić information content (AvgIpc) is 3.23. The molecule has 8 nitrogen and oxygen atoms in total. The van der Waals surface area contributed by atoms with E-state index in [-0.39, 0.29) is 35.1 Å². The molecule has 4 heterocycles. The second-order valence-electron chi connectivity index (χ2n) is 10.3. The van der Waals surface area contributed by atoms with Crippen molar-refractivity contribution in [2.45, 2.75) is 58.5 Å². The molecular formula is C24H30ClN5O3. The van der Waals surface area contributed by atoms with Crippen LogP contribution < -0.4 is 10.6 Å². The average molecular weight is 472 g/mol. The number of rotatable bonds is 5. The van der Waals surface area contributed by atoms with Crippen LogP contribution in [0.4, 0.5) is 5.82 Å². The maximum absolute atomic E-state index is 13.0. The van der Waals surface area contributed by atoms with E-state index in [9.17, 15) is 9.59 Å². The molecule has 9 heteroatoms. The van der Waals surface area contributed by atoms with E-state index in [4.69, 9.17) is 16.3 Å².